The number of nitrogens with zero attached hydrogens (tertiary/aromatic N) is 3. The van der Waals surface area contributed by atoms with Crippen LogP contribution in [0.4, 0.5) is 5.69 Å². The molecule has 1 aromatic heterocycles. The molecule has 1 N–H and O–H groups in total. The van der Waals surface area contributed by atoms with Crippen molar-refractivity contribution in [2.45, 2.75) is 38.9 Å². The largest absolute Gasteiger partial charge is 0.470 e. The molecule has 8 nitrogen and oxygen atoms in total. The molecule has 1 aliphatic rings. The minimum Gasteiger partial charge on any atom is -0.470 e. The average Bonchev–Trinajstić information content (AvgIpc) is 2.74. The Bertz CT molecular complexity index is 515. The molecular formula is C13H22N4O4. The van der Waals surface area contributed by atoms with Crippen molar-refractivity contribution in [2.75, 3.05) is 19.7 Å². The van der Waals surface area contributed by atoms with Crippen LogP contribution in [0.3, 0.4) is 0 Å². The Labute approximate surface area is 123 Å². The number of hydrogen-bond donors (Lipinski definition) is 1. The third kappa shape index (κ3) is 3.51. The molecule has 0 bridgehead atoms. The van der Waals surface area contributed by atoms with Crippen LogP contribution < -0.4 is 10.1 Å². The van der Waals surface area contributed by atoms with E-state index in [0.717, 1.165) is 6.54 Å². The Kier molecular flexibility index (Phi) is 4.79. The number of rotatable bonds is 5. The molecule has 2 rings (SSSR count). The summed E-state index contributed by atoms with van der Waals surface area (Å²) in [6, 6.07) is 0. The first kappa shape index (κ1) is 15.7. The number of nitrogens with one attached hydrogen (secondary N) is 1. The van der Waals surface area contributed by atoms with Gasteiger partial charge in [-0.25, -0.2) is 4.68 Å². The summed E-state index contributed by atoms with van der Waals surface area (Å²) in [5, 5.41) is 18.7. The van der Waals surface area contributed by atoms with Crippen LogP contribution >= 0.6 is 0 Å². The summed E-state index contributed by atoms with van der Waals surface area (Å²) in [6.45, 7) is 7.45. The van der Waals surface area contributed by atoms with Crippen molar-refractivity contribution in [3.63, 3.8) is 0 Å². The fraction of sp³-hybridized carbons (Fsp3) is 0.769. The number of ether oxygens (including phenoxy) is 2. The lowest BCUT2D eigenvalue weighted by Gasteiger charge is -2.28. The van der Waals surface area contributed by atoms with Gasteiger partial charge in [0.1, 0.15) is 18.4 Å². The number of aryl methyl sites for hydroxylation is 1. The van der Waals surface area contributed by atoms with E-state index in [1.165, 1.54) is 4.68 Å². The van der Waals surface area contributed by atoms with Gasteiger partial charge in [-0.2, -0.15) is 5.10 Å². The van der Waals surface area contributed by atoms with E-state index < -0.39 is 4.92 Å². The second kappa shape index (κ2) is 6.40. The summed E-state index contributed by atoms with van der Waals surface area (Å²) in [7, 11) is 1.65. The van der Waals surface area contributed by atoms with Crippen LogP contribution in [0.15, 0.2) is 0 Å². The van der Waals surface area contributed by atoms with Crippen molar-refractivity contribution >= 4 is 5.69 Å². The van der Waals surface area contributed by atoms with E-state index in [0.29, 0.717) is 12.2 Å². The molecule has 0 radical (unpaired) electrons. The Morgan fingerprint density at radius 3 is 2.86 bits per heavy atom. The molecule has 2 unspecified atom stereocenters. The van der Waals surface area contributed by atoms with Gasteiger partial charge in [0.05, 0.1) is 11.0 Å². The molecule has 0 spiro atoms. The van der Waals surface area contributed by atoms with Crippen molar-refractivity contribution in [2.24, 2.45) is 7.05 Å². The highest BCUT2D eigenvalue weighted by molar-refractivity contribution is 5.47. The Morgan fingerprint density at radius 2 is 2.29 bits per heavy atom. The highest BCUT2D eigenvalue weighted by atomic mass is 16.6. The van der Waals surface area contributed by atoms with Crippen molar-refractivity contribution in [3.05, 3.63) is 15.8 Å². The zero-order valence-electron chi connectivity index (χ0n) is 12.8. The van der Waals surface area contributed by atoms with Gasteiger partial charge in [-0.3, -0.25) is 10.1 Å². The molecule has 1 aromatic rings. The predicted octanol–water partition coefficient (Wildman–Crippen LogP) is 1.21. The molecule has 1 fully saturated rings. The third-order valence-corrected chi connectivity index (χ3v) is 3.36. The highest BCUT2D eigenvalue weighted by Crippen LogP contribution is 2.34. The molecule has 1 aliphatic heterocycles. The number of nitro groups is 1. The van der Waals surface area contributed by atoms with E-state index in [1.54, 1.807) is 7.05 Å². The van der Waals surface area contributed by atoms with Gasteiger partial charge < -0.3 is 14.8 Å². The molecule has 118 valence electrons. The predicted molar refractivity (Wildman–Crippen MR) is 76.7 cm³/mol. The lowest BCUT2D eigenvalue weighted by Crippen LogP contribution is -2.46. The Hall–Kier alpha value is -1.67. The van der Waals surface area contributed by atoms with Crippen LogP contribution in [0.5, 0.6) is 5.88 Å². The van der Waals surface area contributed by atoms with Crippen LogP contribution in [0.25, 0.3) is 0 Å². The van der Waals surface area contributed by atoms with Crippen molar-refractivity contribution in [3.8, 4) is 5.88 Å². The van der Waals surface area contributed by atoms with Crippen molar-refractivity contribution < 1.29 is 14.4 Å². The van der Waals surface area contributed by atoms with Crippen LogP contribution in [0, 0.1) is 10.1 Å². The maximum Gasteiger partial charge on any atom is 0.353 e. The monoisotopic (exact) mass is 298 g/mol. The zero-order valence-corrected chi connectivity index (χ0v) is 12.8. The van der Waals surface area contributed by atoms with E-state index in [-0.39, 0.29) is 36.3 Å². The lowest BCUT2D eigenvalue weighted by atomic mass is 10.1. The summed E-state index contributed by atoms with van der Waals surface area (Å²) in [6.07, 6.45) is -0.00847. The summed E-state index contributed by atoms with van der Waals surface area (Å²) in [5.74, 6) is 0.145. The minimum atomic E-state index is -0.430. The van der Waals surface area contributed by atoms with Crippen LogP contribution in [0.2, 0.25) is 0 Å². The third-order valence-electron chi connectivity index (χ3n) is 3.36. The Morgan fingerprint density at radius 1 is 1.57 bits per heavy atom. The van der Waals surface area contributed by atoms with Gasteiger partial charge in [-0.1, -0.05) is 13.8 Å². The van der Waals surface area contributed by atoms with Gasteiger partial charge in [0.15, 0.2) is 0 Å². The fourth-order valence-corrected chi connectivity index (χ4v) is 2.38. The van der Waals surface area contributed by atoms with Crippen molar-refractivity contribution in [1.29, 1.82) is 0 Å². The van der Waals surface area contributed by atoms with Gasteiger partial charge in [-0.05, 0) is 6.92 Å². The van der Waals surface area contributed by atoms with Crippen LogP contribution in [0.1, 0.15) is 32.4 Å². The van der Waals surface area contributed by atoms with Crippen LogP contribution in [-0.4, -0.2) is 46.6 Å². The topological polar surface area (TPSA) is 91.5 Å². The first-order valence-electron chi connectivity index (χ1n) is 7.10. The zero-order chi connectivity index (χ0) is 15.6. The first-order chi connectivity index (χ1) is 9.90. The first-order valence-corrected chi connectivity index (χ1v) is 7.10. The highest BCUT2D eigenvalue weighted by Gasteiger charge is 2.31. The SMILES string of the molecule is CC1CNCC(COc2c([N+](=O)[O-])c(C(C)C)nn2C)O1. The number of morpholine rings is 1. The van der Waals surface area contributed by atoms with Gasteiger partial charge >= 0.3 is 5.69 Å². The second-order valence-corrected chi connectivity index (χ2v) is 5.61. The molecule has 2 atom stereocenters. The fourth-order valence-electron chi connectivity index (χ4n) is 2.38. The van der Waals surface area contributed by atoms with E-state index in [1.807, 2.05) is 20.8 Å². The molecule has 0 amide bonds. The molecule has 8 heteroatoms. The summed E-state index contributed by atoms with van der Waals surface area (Å²) in [4.78, 5) is 10.9. The molecule has 21 heavy (non-hydrogen) atoms. The van der Waals surface area contributed by atoms with Crippen molar-refractivity contribution in [1.82, 2.24) is 15.1 Å². The normalized spacial score (nSPS) is 22.5. The molecule has 0 saturated carbocycles. The van der Waals surface area contributed by atoms with Gasteiger partial charge in [-0.15, -0.1) is 0 Å². The smallest absolute Gasteiger partial charge is 0.353 e. The maximum absolute atomic E-state index is 11.3. The second-order valence-electron chi connectivity index (χ2n) is 5.61. The van der Waals surface area contributed by atoms with Gasteiger partial charge in [0, 0.05) is 26.1 Å². The maximum atomic E-state index is 11.3. The van der Waals surface area contributed by atoms with E-state index in [2.05, 4.69) is 10.4 Å². The Balaban J connectivity index is 2.14. The minimum absolute atomic E-state index is 0.0402. The summed E-state index contributed by atoms with van der Waals surface area (Å²) in [5.41, 5.74) is 0.387. The number of hydrogen-bond acceptors (Lipinski definition) is 6. The quantitative estimate of drug-likeness (QED) is 0.649. The molecule has 1 saturated heterocycles. The molecule has 2 heterocycles. The van der Waals surface area contributed by atoms with E-state index in [9.17, 15) is 10.1 Å². The standard InChI is InChI=1S/C13H22N4O4/c1-8(2)11-12(17(18)19)13(16(4)15-11)20-7-10-6-14-5-9(3)21-10/h8-10,14H,5-7H2,1-4H3. The number of aromatic nitrogens is 2. The van der Waals surface area contributed by atoms with Gasteiger partial charge in [0.25, 0.3) is 5.88 Å². The molecular weight excluding hydrogens is 276 g/mol. The summed E-state index contributed by atoms with van der Waals surface area (Å²) < 4.78 is 12.8. The van der Waals surface area contributed by atoms with E-state index in [4.69, 9.17) is 9.47 Å². The molecule has 0 aliphatic carbocycles. The van der Waals surface area contributed by atoms with Crippen LogP contribution in [-0.2, 0) is 11.8 Å². The average molecular weight is 298 g/mol. The van der Waals surface area contributed by atoms with E-state index >= 15 is 0 Å². The lowest BCUT2D eigenvalue weighted by molar-refractivity contribution is -0.386. The molecule has 0 aromatic carbocycles. The van der Waals surface area contributed by atoms with Gasteiger partial charge in [0.2, 0.25) is 0 Å². The summed E-state index contributed by atoms with van der Waals surface area (Å²) >= 11 is 0.